The smallest absolute Gasteiger partial charge is 0.288 e. The second-order valence-electron chi connectivity index (χ2n) is 11.7. The summed E-state index contributed by atoms with van der Waals surface area (Å²) in [6.07, 6.45) is -37.3. The average molecular weight is 1020 g/mol. The largest absolute Gasteiger partial charge is 0.447 e. The third kappa shape index (κ3) is 5.04. The molecule has 0 radical (unpaired) electrons. The van der Waals surface area contributed by atoms with E-state index in [2.05, 4.69) is 0 Å². The zero-order valence-electron chi connectivity index (χ0n) is 26.0. The molecule has 0 aromatic rings. The van der Waals surface area contributed by atoms with E-state index in [1.54, 1.807) is 0 Å². The Bertz CT molecular complexity index is 1420. The molecule has 44 heteroatoms. The molecule has 0 amide bonds. The summed E-state index contributed by atoms with van der Waals surface area (Å²) >= 11 is 0. The van der Waals surface area contributed by atoms with Crippen LogP contribution in [0.4, 0.5) is 159 Å². The minimum Gasteiger partial charge on any atom is -0.288 e. The fourth-order valence-corrected chi connectivity index (χ4v) is 6.03. The van der Waals surface area contributed by atoms with Crippen molar-refractivity contribution in [2.45, 2.75) is 107 Å². The Kier molecular flexibility index (Phi) is 11.2. The van der Waals surface area contributed by atoms with E-state index in [0.717, 1.165) is 18.9 Å². The van der Waals surface area contributed by atoms with Crippen LogP contribution in [0, 0.1) is 0 Å². The van der Waals surface area contributed by atoms with Crippen LogP contribution in [0.15, 0.2) is 0 Å². The lowest BCUT2D eigenvalue weighted by Crippen LogP contribution is -3.13. The number of alkyl halides is 28. The molecule has 0 spiro atoms. The molecule has 4 rings (SSSR count). The van der Waals surface area contributed by atoms with E-state index in [1.807, 2.05) is 0 Å². The van der Waals surface area contributed by atoms with Gasteiger partial charge in [-0.2, -0.15) is 123 Å². The highest BCUT2D eigenvalue weighted by atomic mass is 19.4. The van der Waals surface area contributed by atoms with E-state index in [9.17, 15) is 106 Å². The highest BCUT2D eigenvalue weighted by molar-refractivity contribution is 5.55. The zero-order chi connectivity index (χ0) is 50.1. The molecule has 62 heavy (non-hydrogen) atoms. The lowest BCUT2D eigenvalue weighted by molar-refractivity contribution is -0.694. The van der Waals surface area contributed by atoms with Crippen molar-refractivity contribution in [2.24, 2.45) is 0 Å². The Labute approximate surface area is 307 Å². The second-order valence-corrected chi connectivity index (χ2v) is 11.7. The van der Waals surface area contributed by atoms with Gasteiger partial charge in [-0.3, -0.25) is 18.9 Å². The van der Waals surface area contributed by atoms with Crippen LogP contribution in [0.3, 0.4) is 0 Å². The van der Waals surface area contributed by atoms with Gasteiger partial charge in [-0.15, -0.1) is 0 Å². The highest BCUT2D eigenvalue weighted by Gasteiger charge is 3.24. The molecular weight excluding hydrogens is 1020 g/mol. The van der Waals surface area contributed by atoms with Gasteiger partial charge in [0.25, 0.3) is 22.4 Å². The topological polar surface area (TPSA) is 49.9 Å². The molecule has 8 nitrogen and oxygen atoms in total. The molecule has 4 fully saturated rings. The van der Waals surface area contributed by atoms with Gasteiger partial charge < -0.3 is 0 Å². The predicted octanol–water partition coefficient (Wildman–Crippen LogP) is 9.89. The predicted molar refractivity (Wildman–Crippen MR) is 101 cm³/mol. The minimum atomic E-state index is -10.3. The van der Waals surface area contributed by atoms with Crippen LogP contribution in [0.1, 0.15) is 0 Å². The zero-order valence-corrected chi connectivity index (χ0v) is 26.0. The van der Waals surface area contributed by atoms with Gasteiger partial charge in [-0.25, -0.2) is 0 Å². The maximum atomic E-state index is 16.2. The average Bonchev–Trinajstić information content (AvgIpc) is 3.03. The number of nitrogens with zero attached hydrogens (tertiary/aromatic N) is 4. The molecule has 0 aromatic heterocycles. The first-order chi connectivity index (χ1) is 26.6. The van der Waals surface area contributed by atoms with Crippen molar-refractivity contribution in [1.82, 2.24) is 21.4 Å². The van der Waals surface area contributed by atoms with Crippen LogP contribution in [0.2, 0.25) is 0 Å². The summed E-state index contributed by atoms with van der Waals surface area (Å²) in [5, 5.41) is -19.4. The number of ether oxygens (including phenoxy) is 4. The lowest BCUT2D eigenvalue weighted by Gasteiger charge is -2.79. The van der Waals surface area contributed by atoms with Crippen molar-refractivity contribution in [3.05, 3.63) is 0 Å². The lowest BCUT2D eigenvalue weighted by atomic mass is 9.38. The van der Waals surface area contributed by atoms with Crippen molar-refractivity contribution >= 4 is 0 Å². The Morgan fingerprint density at radius 2 is 0.323 bits per heavy atom. The van der Waals surface area contributed by atoms with Crippen LogP contribution >= 0.6 is 0 Å². The molecule has 0 N–H and O–H groups in total. The van der Waals surface area contributed by atoms with E-state index < -0.39 is 128 Å². The Morgan fingerprint density at radius 1 is 0.226 bits per heavy atom. The van der Waals surface area contributed by atoms with Gasteiger partial charge in [0.1, 0.15) is 21.4 Å². The van der Waals surface area contributed by atoms with E-state index in [4.69, 9.17) is 0 Å². The molecule has 0 aliphatic heterocycles. The fraction of sp³-hybridized carbons (Fsp3) is 1.00. The van der Waals surface area contributed by atoms with Crippen LogP contribution in [-0.2, 0) is 18.9 Å². The number of hydrogen-bond donors (Lipinski definition) is 0. The number of halogens is 36. The SMILES string of the molecule is FN(F)C(F)(F)C(F)(F)OC12C(F)(F)C3(OC(F)(F)C(F)(F)N(F)F)C(F)(F)C(OC(F)(F)C(F)(F)N(F)F)(C1(F)F)C(F)(F)C(OC(F)(F)C(F)(F)N(F)F)(C2(F)F)C3(F)F. The highest BCUT2D eigenvalue weighted by Crippen LogP contribution is 2.90. The Hall–Kier alpha value is -2.84. The molecule has 0 saturated heterocycles. The van der Waals surface area contributed by atoms with Crippen molar-refractivity contribution in [3.8, 4) is 0 Å². The van der Waals surface area contributed by atoms with Crippen LogP contribution < -0.4 is 0 Å². The van der Waals surface area contributed by atoms with Crippen molar-refractivity contribution in [3.63, 3.8) is 0 Å². The summed E-state index contributed by atoms with van der Waals surface area (Å²) < 4.78 is 527. The minimum absolute atomic E-state index is 1.14. The summed E-state index contributed by atoms with van der Waals surface area (Å²) in [5.74, 6) is -61.8. The maximum absolute atomic E-state index is 16.2. The molecule has 0 aromatic carbocycles. The normalized spacial score (nSPS) is 32.1. The summed E-state index contributed by atoms with van der Waals surface area (Å²) in [6, 6.07) is -34.9. The van der Waals surface area contributed by atoms with Crippen molar-refractivity contribution < 1.29 is 178 Å². The molecule has 4 aliphatic rings. The number of hydrogen-bond acceptors (Lipinski definition) is 8. The monoisotopic (exact) mass is 1020 g/mol. The Balaban J connectivity index is 3.08. The summed E-state index contributed by atoms with van der Waals surface area (Å²) in [6.45, 7) is 0. The molecule has 0 unspecified atom stereocenters. The van der Waals surface area contributed by atoms with Gasteiger partial charge in [0.05, 0.1) is 0 Å². The standard InChI is InChI=1S/C18F36N4O4/c19-5(20)1(59-15(39,40)11(31,32)55(47)48)6(21,22)3(61-17(43,44)13(35,36)57(51)52)8(25,26)2(5,60-16(41,42)12(33,34)56(49)50)9(27,28)4(7(1,23)24,10(3,29)30)62-18(45,46)14(37,38)58(53)54. The maximum Gasteiger partial charge on any atom is 0.447 e. The fourth-order valence-electron chi connectivity index (χ4n) is 6.03. The molecule has 368 valence electrons. The third-order valence-electron chi connectivity index (χ3n) is 8.68. The van der Waals surface area contributed by atoms with Crippen LogP contribution in [-0.4, -0.2) is 128 Å². The van der Waals surface area contributed by atoms with E-state index in [1.165, 1.54) is 0 Å². The molecule has 4 saturated carbocycles. The second kappa shape index (κ2) is 12.9. The molecule has 4 bridgehead atoms. The van der Waals surface area contributed by atoms with Gasteiger partial charge in [-0.1, -0.05) is 35.9 Å². The first-order valence-electron chi connectivity index (χ1n) is 13.2. The van der Waals surface area contributed by atoms with Gasteiger partial charge in [-0.05, 0) is 0 Å². The van der Waals surface area contributed by atoms with Gasteiger partial charge in [0.15, 0.2) is 0 Å². The van der Waals surface area contributed by atoms with E-state index in [0.29, 0.717) is 0 Å². The summed E-state index contributed by atoms with van der Waals surface area (Å²) in [5.41, 5.74) is -41.1. The van der Waals surface area contributed by atoms with Crippen molar-refractivity contribution in [2.75, 3.05) is 0 Å². The first-order valence-corrected chi connectivity index (χ1v) is 13.2. The molecule has 0 atom stereocenters. The van der Waals surface area contributed by atoms with Crippen LogP contribution in [0.5, 0.6) is 0 Å². The summed E-state index contributed by atoms with van der Waals surface area (Å²) in [4.78, 5) is 0. The molecule has 0 heterocycles. The molecule has 4 aliphatic carbocycles. The van der Waals surface area contributed by atoms with Crippen LogP contribution in [0.25, 0.3) is 0 Å². The summed E-state index contributed by atoms with van der Waals surface area (Å²) in [7, 11) is 0. The van der Waals surface area contributed by atoms with Gasteiger partial charge in [0.2, 0.25) is 0 Å². The van der Waals surface area contributed by atoms with Gasteiger partial charge >= 0.3 is 84.2 Å². The molecular formula is C18F36N4O4. The third-order valence-corrected chi connectivity index (χ3v) is 8.68. The van der Waals surface area contributed by atoms with E-state index in [-0.39, 0.29) is 0 Å². The van der Waals surface area contributed by atoms with E-state index >= 15 is 52.7 Å². The van der Waals surface area contributed by atoms with Gasteiger partial charge in [0, 0.05) is 0 Å². The quantitative estimate of drug-likeness (QED) is 0.0862. The first kappa shape index (κ1) is 53.5. The Morgan fingerprint density at radius 3 is 0.403 bits per heavy atom. The van der Waals surface area contributed by atoms with Crippen molar-refractivity contribution in [1.29, 1.82) is 0 Å². The number of rotatable bonds is 16.